The number of nitrogens with one attached hydrogen (secondary N) is 8. The van der Waals surface area contributed by atoms with Crippen molar-refractivity contribution in [1.29, 1.82) is 0 Å². The van der Waals surface area contributed by atoms with E-state index in [4.69, 9.17) is 46.4 Å². The highest BCUT2D eigenvalue weighted by atomic mass is 35.5. The Morgan fingerprint density at radius 2 is 0.780 bits per heavy atom. The zero-order valence-electron chi connectivity index (χ0n) is 70.9. The molecule has 34 heteroatoms. The minimum Gasteiger partial charge on any atom is -0.391 e. The summed E-state index contributed by atoms with van der Waals surface area (Å²) in [5.74, 6) is 2.47. The Morgan fingerprint density at radius 1 is 0.439 bits per heavy atom. The van der Waals surface area contributed by atoms with Gasteiger partial charge in [0, 0.05) is 67.6 Å². The summed E-state index contributed by atoms with van der Waals surface area (Å²) in [5, 5.41) is 63.0. The molecule has 8 aliphatic carbocycles. The van der Waals surface area contributed by atoms with Crippen molar-refractivity contribution in [3.05, 3.63) is 207 Å². The lowest BCUT2D eigenvalue weighted by Gasteiger charge is -2.64. The molecule has 8 aromatic heterocycles. The minimum absolute atomic E-state index is 0.00134. The van der Waals surface area contributed by atoms with Gasteiger partial charge in [-0.2, -0.15) is 20.4 Å². The Bertz CT molecular complexity index is 5140. The van der Waals surface area contributed by atoms with Crippen LogP contribution in [0.4, 0.5) is 22.7 Å². The van der Waals surface area contributed by atoms with Gasteiger partial charge >= 0.3 is 0 Å². The second-order valence-electron chi connectivity index (χ2n) is 34.9. The molecule has 0 radical (unpaired) electrons. The summed E-state index contributed by atoms with van der Waals surface area (Å²) in [4.78, 5) is 116. The predicted octanol–water partition coefficient (Wildman–Crippen LogP) is 13.1. The number of amides is 4. The summed E-state index contributed by atoms with van der Waals surface area (Å²) in [6, 6.07) is 14.2. The monoisotopic (exact) mass is 1760 g/mol. The number of aliphatic hydroxyl groups is 2. The number of halogens is 4. The Balaban J connectivity index is 0.000000150. The number of aliphatic hydroxyl groups excluding tert-OH is 1. The van der Waals surface area contributed by atoms with Gasteiger partial charge in [-0.1, -0.05) is 144 Å². The van der Waals surface area contributed by atoms with Gasteiger partial charge in [-0.15, -0.1) is 0 Å². The molecule has 8 aromatic rings. The summed E-state index contributed by atoms with van der Waals surface area (Å²) in [6.07, 6.45) is 42.5. The number of anilines is 4. The standard InChI is InChI=1S/C23H30ClN5O3.C23H30ClN5O2.C22H28ClN5O2.C21H28ClN5O3/c1-13-17-9-16(22(17,3)4)10-23(13,32)28-18-11-26-29(21(31)20(18)24)12-19(30)27-14(2)15-5-7-25-8-6-15;1-15(16-9-11-25-12-10-16)27-21(30)14-29-23(31)22(24)20(13-26-29)28-19-8-4-6-17-5-2-3-7-18(17)19;1-14(17-5-7-24-8-6-17)26-20(29)13-28-22(30)21(23)19(12-25-28)27-18-10-15-3-2-4-16(9-15)11-18;1-14(15-8-10-23-11-9-15)25-19(29)13-27-21(30)20(22)17(12-24-27)26-16-6-4-2-3-5-7-18(16)28/h5-8,11,13-14,16-17,28,32H,9-10,12H2,1-4H3,(H,27,30);9-13,15,17-19,28H,2-8,14H2,1H3,(H,27,30);5-8,12,14-16,18,27H,2-4,9-11,13H2,1H3,(H,26,29);8-12,14,16,18,26,28H,2-7,13H2,1H3,(H,25,29)/t13-,14?,16+,17-,23?;15?,17-,18-,19?;;/m10../s1. The van der Waals surface area contributed by atoms with Crippen LogP contribution in [0, 0.1) is 46.8 Å². The van der Waals surface area contributed by atoms with E-state index in [1.165, 1.54) is 76.6 Å². The first-order valence-electron chi connectivity index (χ1n) is 43.3. The van der Waals surface area contributed by atoms with E-state index in [0.717, 1.165) is 123 Å². The average molecular weight is 1770 g/mol. The Labute approximate surface area is 736 Å². The largest absolute Gasteiger partial charge is 0.391 e. The first kappa shape index (κ1) is 92.5. The second-order valence-corrected chi connectivity index (χ2v) is 36.4. The molecule has 10 N–H and O–H groups in total. The molecular weight excluding hydrogens is 1650 g/mol. The van der Waals surface area contributed by atoms with Gasteiger partial charge in [0.2, 0.25) is 23.6 Å². The summed E-state index contributed by atoms with van der Waals surface area (Å²) in [5.41, 5.74) is 2.52. The number of carbonyl (C=O) groups excluding carboxylic acids is 4. The highest BCUT2D eigenvalue weighted by Gasteiger charge is 2.61. The van der Waals surface area contributed by atoms with Crippen LogP contribution in [0.5, 0.6) is 0 Å². The number of aromatic nitrogens is 12. The highest BCUT2D eigenvalue weighted by Crippen LogP contribution is 2.64. The highest BCUT2D eigenvalue weighted by molar-refractivity contribution is 6.34. The third-order valence-electron chi connectivity index (χ3n) is 26.2. The number of carbonyl (C=O) groups is 4. The number of hydrogen-bond donors (Lipinski definition) is 10. The summed E-state index contributed by atoms with van der Waals surface area (Å²) in [7, 11) is 0. The van der Waals surface area contributed by atoms with Crippen molar-refractivity contribution in [3.8, 4) is 0 Å². The van der Waals surface area contributed by atoms with E-state index in [1.54, 1.807) is 62.0 Å². The SMILES string of the molecule is CC(NC(=O)Cn1ncc(NC2(O)C[C@@H]3C[C@H]([C@H]2C)C3(C)C)c(Cl)c1=O)c1ccncc1.CC(NC(=O)Cn1ncc(NC2CC3CCCC(C3)C2)c(Cl)c1=O)c1ccncc1.CC(NC(=O)Cn1ncc(NC2CCCCCCC2O)c(Cl)c1=O)c1ccncc1.CC(NC(=O)Cn1ncc(NC2CCC[C@@H]3CCCC[C@H]23)c(Cl)c1=O)c1ccncc1. The van der Waals surface area contributed by atoms with Crippen LogP contribution in [-0.4, -0.2) is 123 Å². The van der Waals surface area contributed by atoms with Gasteiger partial charge in [0.15, 0.2) is 0 Å². The van der Waals surface area contributed by atoms with Gasteiger partial charge in [-0.3, -0.25) is 58.3 Å². The molecule has 8 heterocycles. The van der Waals surface area contributed by atoms with E-state index in [2.05, 4.69) is 96.7 Å². The molecule has 16 rings (SSSR count). The normalized spacial score (nSPS) is 24.5. The van der Waals surface area contributed by atoms with E-state index >= 15 is 0 Å². The average Bonchev–Trinajstić information content (AvgIpc) is 0.708. The van der Waals surface area contributed by atoms with Crippen LogP contribution in [-0.2, 0) is 45.4 Å². The number of hydrogen-bond acceptors (Lipinski definition) is 22. The van der Waals surface area contributed by atoms with Crippen molar-refractivity contribution in [1.82, 2.24) is 80.3 Å². The summed E-state index contributed by atoms with van der Waals surface area (Å²) >= 11 is 25.3. The third-order valence-corrected chi connectivity index (χ3v) is 27.7. The van der Waals surface area contributed by atoms with Crippen molar-refractivity contribution >= 4 is 92.8 Å². The van der Waals surface area contributed by atoms with Crippen LogP contribution in [0.15, 0.2) is 142 Å². The molecule has 10 unspecified atom stereocenters. The van der Waals surface area contributed by atoms with Crippen LogP contribution in [0.25, 0.3) is 0 Å². The second kappa shape index (κ2) is 42.8. The molecule has 8 saturated carbocycles. The quantitative estimate of drug-likeness (QED) is 0.0251. The Hall–Kier alpha value is -9.72. The van der Waals surface area contributed by atoms with Crippen molar-refractivity contribution in [2.75, 3.05) is 21.3 Å². The molecule has 15 atom stereocenters. The Morgan fingerprint density at radius 3 is 1.19 bits per heavy atom. The fourth-order valence-electron chi connectivity index (χ4n) is 19.1. The first-order valence-corrected chi connectivity index (χ1v) is 44.8. The van der Waals surface area contributed by atoms with E-state index in [9.17, 15) is 48.6 Å². The van der Waals surface area contributed by atoms with Gasteiger partial charge in [0.05, 0.1) is 83.9 Å². The molecule has 4 bridgehead atoms. The topological polar surface area (TPSA) is 396 Å². The van der Waals surface area contributed by atoms with Crippen LogP contribution < -0.4 is 64.8 Å². The molecule has 0 saturated heterocycles. The fraction of sp³-hybridized carbons (Fsp3) is 0.551. The van der Waals surface area contributed by atoms with Crippen LogP contribution in [0.1, 0.15) is 230 Å². The smallest absolute Gasteiger partial charge is 0.288 e. The van der Waals surface area contributed by atoms with Crippen LogP contribution in [0.2, 0.25) is 20.1 Å². The van der Waals surface area contributed by atoms with E-state index in [1.807, 2.05) is 83.1 Å². The van der Waals surface area contributed by atoms with Gasteiger partial charge in [-0.05, 0) is 197 Å². The van der Waals surface area contributed by atoms with Gasteiger partial charge in [0.1, 0.15) is 52.0 Å². The van der Waals surface area contributed by atoms with Gasteiger partial charge < -0.3 is 52.7 Å². The maximum atomic E-state index is 12.7. The maximum Gasteiger partial charge on any atom is 0.288 e. The number of fused-ring (bicyclic) bond motifs is 5. The summed E-state index contributed by atoms with van der Waals surface area (Å²) in [6.45, 7) is 13.1. The molecule has 0 aliphatic heterocycles. The molecule has 0 spiro atoms. The zero-order chi connectivity index (χ0) is 87.7. The summed E-state index contributed by atoms with van der Waals surface area (Å²) < 4.78 is 4.29. The first-order chi connectivity index (χ1) is 59.0. The van der Waals surface area contributed by atoms with Gasteiger partial charge in [-0.25, -0.2) is 18.7 Å². The van der Waals surface area contributed by atoms with Crippen molar-refractivity contribution in [3.63, 3.8) is 0 Å². The molecule has 30 nitrogen and oxygen atoms in total. The lowest BCUT2D eigenvalue weighted by Crippen LogP contribution is -2.65. The number of nitrogens with zero attached hydrogens (tertiary/aromatic N) is 12. The maximum absolute atomic E-state index is 12.7. The molecule has 0 aromatic carbocycles. The van der Waals surface area contributed by atoms with Crippen LogP contribution in [0.3, 0.4) is 0 Å². The van der Waals surface area contributed by atoms with Crippen molar-refractivity contribution in [2.24, 2.45) is 46.8 Å². The molecular formula is C89H116Cl4N20O10. The number of pyridine rings is 4. The van der Waals surface area contributed by atoms with E-state index in [-0.39, 0.29) is 117 Å². The van der Waals surface area contributed by atoms with E-state index in [0.29, 0.717) is 53.3 Å². The minimum atomic E-state index is -1.15. The lowest BCUT2D eigenvalue weighted by molar-refractivity contribution is -0.194. The van der Waals surface area contributed by atoms with Crippen molar-refractivity contribution in [2.45, 2.75) is 264 Å². The van der Waals surface area contributed by atoms with Crippen molar-refractivity contribution < 1.29 is 29.4 Å². The molecule has 8 fully saturated rings. The fourth-order valence-corrected chi connectivity index (χ4v) is 19.9. The Kier molecular flexibility index (Phi) is 32.2. The van der Waals surface area contributed by atoms with E-state index < -0.39 is 34.1 Å². The van der Waals surface area contributed by atoms with Crippen LogP contribution >= 0.6 is 46.4 Å². The molecule has 660 valence electrons. The molecule has 123 heavy (non-hydrogen) atoms. The van der Waals surface area contributed by atoms with Gasteiger partial charge in [0.25, 0.3) is 22.2 Å². The predicted molar refractivity (Wildman–Crippen MR) is 475 cm³/mol. The third kappa shape index (κ3) is 24.1. The molecule has 4 amide bonds. The zero-order valence-corrected chi connectivity index (χ0v) is 73.9. The lowest BCUT2D eigenvalue weighted by atomic mass is 9.44. The number of rotatable bonds is 24. The molecule has 8 aliphatic rings.